The molecular formula is C17H18N6O3. The predicted octanol–water partition coefficient (Wildman–Crippen LogP) is 1.33. The van der Waals surface area contributed by atoms with Crippen LogP contribution in [0.5, 0.6) is 5.75 Å². The molecule has 26 heavy (non-hydrogen) atoms. The van der Waals surface area contributed by atoms with Gasteiger partial charge in [-0.1, -0.05) is 0 Å². The number of fused-ring (bicyclic) bond motifs is 3. The van der Waals surface area contributed by atoms with Crippen molar-refractivity contribution < 1.29 is 4.74 Å². The van der Waals surface area contributed by atoms with Crippen molar-refractivity contribution in [3.05, 3.63) is 45.1 Å². The molecule has 0 atom stereocenters. The second-order valence-corrected chi connectivity index (χ2v) is 6.34. The molecule has 0 saturated carbocycles. The number of benzene rings is 1. The lowest BCUT2D eigenvalue weighted by atomic mass is 10.2. The van der Waals surface area contributed by atoms with E-state index in [-0.39, 0.29) is 6.04 Å². The van der Waals surface area contributed by atoms with Crippen LogP contribution in [0.3, 0.4) is 0 Å². The maximum Gasteiger partial charge on any atom is 0.329 e. The highest BCUT2D eigenvalue weighted by molar-refractivity contribution is 5.80. The van der Waals surface area contributed by atoms with Crippen molar-refractivity contribution in [2.45, 2.75) is 19.9 Å². The van der Waals surface area contributed by atoms with Gasteiger partial charge in [-0.3, -0.25) is 18.9 Å². The van der Waals surface area contributed by atoms with E-state index < -0.39 is 11.2 Å². The van der Waals surface area contributed by atoms with E-state index in [4.69, 9.17) is 4.74 Å². The van der Waals surface area contributed by atoms with Gasteiger partial charge in [0.1, 0.15) is 5.75 Å². The van der Waals surface area contributed by atoms with Crippen LogP contribution in [0.25, 0.3) is 28.3 Å². The van der Waals surface area contributed by atoms with Crippen molar-refractivity contribution in [3.63, 3.8) is 0 Å². The van der Waals surface area contributed by atoms with Gasteiger partial charge >= 0.3 is 5.69 Å². The molecule has 3 aromatic heterocycles. The van der Waals surface area contributed by atoms with E-state index >= 15 is 0 Å². The van der Waals surface area contributed by atoms with Crippen LogP contribution in [0.4, 0.5) is 0 Å². The smallest absolute Gasteiger partial charge is 0.329 e. The maximum absolute atomic E-state index is 12.5. The molecule has 0 amide bonds. The van der Waals surface area contributed by atoms with Crippen LogP contribution in [-0.2, 0) is 7.05 Å². The van der Waals surface area contributed by atoms with Gasteiger partial charge in [-0.05, 0) is 38.1 Å². The molecule has 9 nitrogen and oxygen atoms in total. The number of aromatic nitrogens is 6. The van der Waals surface area contributed by atoms with Gasteiger partial charge in [-0.15, -0.1) is 10.2 Å². The summed E-state index contributed by atoms with van der Waals surface area (Å²) in [4.78, 5) is 27.0. The number of methoxy groups -OCH3 is 1. The SMILES string of the molecule is COc1ccc(-c2nnc3n(C(C)C)c4c(=O)[nH]c(=O)n(C)c4n23)cc1. The number of rotatable bonds is 3. The molecule has 0 aliphatic heterocycles. The number of hydrogen-bond donors (Lipinski definition) is 1. The molecule has 0 spiro atoms. The monoisotopic (exact) mass is 354 g/mol. The van der Waals surface area contributed by atoms with Gasteiger partial charge < -0.3 is 4.74 Å². The molecule has 0 saturated heterocycles. The van der Waals surface area contributed by atoms with Gasteiger partial charge in [0.25, 0.3) is 5.56 Å². The molecule has 1 aromatic carbocycles. The zero-order valence-electron chi connectivity index (χ0n) is 14.8. The van der Waals surface area contributed by atoms with Crippen LogP contribution < -0.4 is 16.0 Å². The summed E-state index contributed by atoms with van der Waals surface area (Å²) in [6.07, 6.45) is 0. The van der Waals surface area contributed by atoms with Crippen LogP contribution in [0, 0.1) is 0 Å². The van der Waals surface area contributed by atoms with Crippen LogP contribution in [0.2, 0.25) is 0 Å². The summed E-state index contributed by atoms with van der Waals surface area (Å²) in [5, 5.41) is 8.58. The van der Waals surface area contributed by atoms with E-state index in [0.29, 0.717) is 22.8 Å². The lowest BCUT2D eigenvalue weighted by Gasteiger charge is -2.07. The third-order valence-electron chi connectivity index (χ3n) is 4.45. The molecule has 4 rings (SSSR count). The van der Waals surface area contributed by atoms with E-state index in [1.807, 2.05) is 38.1 Å². The summed E-state index contributed by atoms with van der Waals surface area (Å²) < 4.78 is 10.1. The summed E-state index contributed by atoms with van der Waals surface area (Å²) in [5.74, 6) is 1.78. The number of hydrogen-bond acceptors (Lipinski definition) is 5. The minimum absolute atomic E-state index is 0.0403. The molecule has 0 radical (unpaired) electrons. The molecule has 4 aromatic rings. The second-order valence-electron chi connectivity index (χ2n) is 6.34. The standard InChI is InChI=1S/C17H18N6O3/c1-9(2)22-12-14(24)18-17(25)21(3)15(12)23-13(19-20-16(22)23)10-5-7-11(26-4)8-6-10/h5-9H,1-4H3,(H,18,24,25). The lowest BCUT2D eigenvalue weighted by Crippen LogP contribution is -2.29. The lowest BCUT2D eigenvalue weighted by molar-refractivity contribution is 0.415. The molecule has 9 heteroatoms. The topological polar surface area (TPSA) is 99.2 Å². The summed E-state index contributed by atoms with van der Waals surface area (Å²) in [7, 11) is 3.21. The summed E-state index contributed by atoms with van der Waals surface area (Å²) >= 11 is 0. The number of nitrogens with one attached hydrogen (secondary N) is 1. The zero-order valence-corrected chi connectivity index (χ0v) is 14.8. The van der Waals surface area contributed by atoms with Crippen LogP contribution in [0.1, 0.15) is 19.9 Å². The van der Waals surface area contributed by atoms with Crippen molar-refractivity contribution in [2.75, 3.05) is 7.11 Å². The van der Waals surface area contributed by atoms with Gasteiger partial charge in [0.2, 0.25) is 5.78 Å². The molecule has 0 fully saturated rings. The van der Waals surface area contributed by atoms with Crippen LogP contribution in [-0.4, -0.2) is 35.8 Å². The Labute approximate surface area is 147 Å². The van der Waals surface area contributed by atoms with E-state index in [1.165, 1.54) is 4.57 Å². The second kappa shape index (κ2) is 5.58. The number of aromatic amines is 1. The van der Waals surface area contributed by atoms with E-state index in [2.05, 4.69) is 15.2 Å². The molecule has 134 valence electrons. The Kier molecular flexibility index (Phi) is 3.46. The van der Waals surface area contributed by atoms with Crippen molar-refractivity contribution in [1.29, 1.82) is 0 Å². The Morgan fingerprint density at radius 3 is 2.42 bits per heavy atom. The average Bonchev–Trinajstić information content (AvgIpc) is 3.17. The Bertz CT molecular complexity index is 1240. The molecule has 1 N–H and O–H groups in total. The molecule has 0 aliphatic rings. The fraction of sp³-hybridized carbons (Fsp3) is 0.294. The van der Waals surface area contributed by atoms with Gasteiger partial charge in [-0.25, -0.2) is 9.20 Å². The van der Waals surface area contributed by atoms with Gasteiger partial charge in [0.15, 0.2) is 17.0 Å². The largest absolute Gasteiger partial charge is 0.497 e. The first kappa shape index (κ1) is 16.1. The Morgan fingerprint density at radius 1 is 1.12 bits per heavy atom. The van der Waals surface area contributed by atoms with Crippen molar-refractivity contribution >= 4 is 16.9 Å². The van der Waals surface area contributed by atoms with Gasteiger partial charge in [0.05, 0.1) is 7.11 Å². The number of aryl methyl sites for hydroxylation is 1. The zero-order chi connectivity index (χ0) is 18.6. The van der Waals surface area contributed by atoms with E-state index in [0.717, 1.165) is 11.3 Å². The Morgan fingerprint density at radius 2 is 1.81 bits per heavy atom. The summed E-state index contributed by atoms with van der Waals surface area (Å²) in [6, 6.07) is 7.33. The first-order valence-corrected chi connectivity index (χ1v) is 8.16. The van der Waals surface area contributed by atoms with Crippen molar-refractivity contribution in [2.24, 2.45) is 7.05 Å². The van der Waals surface area contributed by atoms with Gasteiger partial charge in [0, 0.05) is 18.7 Å². The van der Waals surface area contributed by atoms with Crippen LogP contribution in [0.15, 0.2) is 33.9 Å². The average molecular weight is 354 g/mol. The predicted molar refractivity (Wildman–Crippen MR) is 96.7 cm³/mol. The molecular weight excluding hydrogens is 336 g/mol. The summed E-state index contributed by atoms with van der Waals surface area (Å²) in [6.45, 7) is 3.90. The van der Waals surface area contributed by atoms with Crippen molar-refractivity contribution in [1.82, 2.24) is 28.7 Å². The minimum atomic E-state index is -0.486. The highest BCUT2D eigenvalue weighted by Crippen LogP contribution is 2.27. The van der Waals surface area contributed by atoms with Gasteiger partial charge in [-0.2, -0.15) is 0 Å². The Balaban J connectivity index is 2.18. The number of imidazole rings is 1. The summed E-state index contributed by atoms with van der Waals surface area (Å²) in [5.41, 5.74) is 0.719. The number of ether oxygens (including phenoxy) is 1. The first-order valence-electron chi connectivity index (χ1n) is 8.16. The normalized spacial score (nSPS) is 11.7. The molecule has 3 heterocycles. The number of nitrogens with zero attached hydrogens (tertiary/aromatic N) is 5. The fourth-order valence-corrected chi connectivity index (χ4v) is 3.21. The molecule has 0 aliphatic carbocycles. The Hall–Kier alpha value is -3.36. The quantitative estimate of drug-likeness (QED) is 0.598. The molecule has 0 unspecified atom stereocenters. The third-order valence-corrected chi connectivity index (χ3v) is 4.45. The van der Waals surface area contributed by atoms with E-state index in [1.54, 1.807) is 23.1 Å². The first-order chi connectivity index (χ1) is 12.4. The fourth-order valence-electron chi connectivity index (χ4n) is 3.21. The number of H-pyrrole nitrogens is 1. The maximum atomic E-state index is 12.5. The van der Waals surface area contributed by atoms with E-state index in [9.17, 15) is 9.59 Å². The molecule has 0 bridgehead atoms. The van der Waals surface area contributed by atoms with Crippen molar-refractivity contribution in [3.8, 4) is 17.1 Å². The highest BCUT2D eigenvalue weighted by Gasteiger charge is 2.23. The highest BCUT2D eigenvalue weighted by atomic mass is 16.5. The van der Waals surface area contributed by atoms with Crippen LogP contribution >= 0.6 is 0 Å². The minimum Gasteiger partial charge on any atom is -0.497 e. The third kappa shape index (κ3) is 2.10.